The fourth-order valence-corrected chi connectivity index (χ4v) is 4.12. The third-order valence-electron chi connectivity index (χ3n) is 3.55. The molecule has 0 spiro atoms. The van der Waals surface area contributed by atoms with E-state index in [2.05, 4.69) is 10.3 Å². The van der Waals surface area contributed by atoms with Gasteiger partial charge in [-0.2, -0.15) is 0 Å². The number of nitrogens with zero attached hydrogens (tertiary/aromatic N) is 1. The summed E-state index contributed by atoms with van der Waals surface area (Å²) in [5, 5.41) is 3.19. The third kappa shape index (κ3) is 4.49. The molecule has 0 radical (unpaired) electrons. The highest BCUT2D eigenvalue weighted by molar-refractivity contribution is 8.26. The van der Waals surface area contributed by atoms with Crippen molar-refractivity contribution in [1.29, 1.82) is 0 Å². The van der Waals surface area contributed by atoms with Crippen LogP contribution in [0.2, 0.25) is 0 Å². The van der Waals surface area contributed by atoms with Crippen molar-refractivity contribution in [3.63, 3.8) is 0 Å². The maximum Gasteiger partial charge on any atom is 0.272 e. The van der Waals surface area contributed by atoms with E-state index in [1.54, 1.807) is 12.1 Å². The van der Waals surface area contributed by atoms with Gasteiger partial charge >= 0.3 is 0 Å². The van der Waals surface area contributed by atoms with Gasteiger partial charge in [-0.15, -0.1) is 0 Å². The molecule has 1 aliphatic heterocycles. The van der Waals surface area contributed by atoms with Crippen molar-refractivity contribution in [2.24, 2.45) is 0 Å². The molecule has 2 heterocycles. The number of halogens is 2. The van der Waals surface area contributed by atoms with Crippen molar-refractivity contribution in [2.75, 3.05) is 0 Å². The van der Waals surface area contributed by atoms with Gasteiger partial charge in [0.2, 0.25) is 0 Å². The number of aromatic nitrogens is 1. The minimum atomic E-state index is -2.92. The highest BCUT2D eigenvalue weighted by Gasteiger charge is 2.25. The number of hydrogen-bond acceptors (Lipinski definition) is 5. The summed E-state index contributed by atoms with van der Waals surface area (Å²) in [6.45, 7) is 2.80. The van der Waals surface area contributed by atoms with Gasteiger partial charge in [0.25, 0.3) is 11.8 Å². The van der Waals surface area contributed by atoms with Crippen LogP contribution in [-0.4, -0.2) is 15.2 Å². The lowest BCUT2D eigenvalue weighted by molar-refractivity contribution is -0.115. The predicted octanol–water partition coefficient (Wildman–Crippen LogP) is 5.14. The molecule has 1 fully saturated rings. The molecule has 1 N–H and O–H groups in total. The first-order valence-electron chi connectivity index (χ1n) is 7.60. The second kappa shape index (κ2) is 7.46. The number of nitrogens with one attached hydrogen (secondary N) is 1. The monoisotopic (exact) mass is 408 g/mol. The van der Waals surface area contributed by atoms with Gasteiger partial charge in [0.15, 0.2) is 0 Å². The van der Waals surface area contributed by atoms with E-state index >= 15 is 0 Å². The minimum Gasteiger partial charge on any atom is -0.307 e. The van der Waals surface area contributed by atoms with Crippen molar-refractivity contribution in [1.82, 2.24) is 10.3 Å². The first kappa shape index (κ1) is 19.0. The van der Waals surface area contributed by atoms with Crippen LogP contribution in [-0.2, 0) is 10.7 Å². The van der Waals surface area contributed by atoms with Crippen LogP contribution in [0.1, 0.15) is 23.6 Å². The number of aryl methyl sites for hydroxylation is 1. The average Bonchev–Trinajstić information content (AvgIpc) is 2.87. The van der Waals surface area contributed by atoms with Gasteiger partial charge in [0.05, 0.1) is 4.91 Å². The second-order valence-corrected chi connectivity index (χ2v) is 8.55. The van der Waals surface area contributed by atoms with Gasteiger partial charge in [-0.3, -0.25) is 4.79 Å². The molecule has 3 nitrogen and oxygen atoms in total. The standard InChI is InChI=1S/C18H14F2N2OS3/c1-10-3-5-13(11(7-10)8-14-16(23)22-17(24)26-14)25-15-6-4-12(9-21-15)18(2,19)20/h3-9H,1-2H3,(H,22,23,24)/b14-8-. The summed E-state index contributed by atoms with van der Waals surface area (Å²) in [5.41, 5.74) is 1.77. The molecule has 134 valence electrons. The largest absolute Gasteiger partial charge is 0.307 e. The molecule has 2 aromatic rings. The number of carbonyl (C=O) groups excluding carboxylic acids is 1. The maximum atomic E-state index is 13.3. The van der Waals surface area contributed by atoms with Crippen molar-refractivity contribution in [2.45, 2.75) is 29.7 Å². The van der Waals surface area contributed by atoms with Crippen LogP contribution in [0, 0.1) is 6.92 Å². The molecule has 26 heavy (non-hydrogen) atoms. The lowest BCUT2D eigenvalue weighted by Crippen LogP contribution is -2.17. The van der Waals surface area contributed by atoms with Crippen molar-refractivity contribution in [3.8, 4) is 0 Å². The van der Waals surface area contributed by atoms with Gasteiger partial charge < -0.3 is 5.32 Å². The Bertz CT molecular complexity index is 906. The Balaban J connectivity index is 1.90. The van der Waals surface area contributed by atoms with Crippen LogP contribution in [0.15, 0.2) is 51.4 Å². The molecule has 8 heteroatoms. The zero-order valence-electron chi connectivity index (χ0n) is 13.9. The predicted molar refractivity (Wildman–Crippen MR) is 105 cm³/mol. The van der Waals surface area contributed by atoms with Crippen molar-refractivity contribution >= 4 is 52.0 Å². The summed E-state index contributed by atoms with van der Waals surface area (Å²) in [6.07, 6.45) is 2.97. The molecule has 1 aromatic heterocycles. The molecule has 1 amide bonds. The smallest absolute Gasteiger partial charge is 0.272 e. The van der Waals surface area contributed by atoms with E-state index in [-0.39, 0.29) is 11.5 Å². The van der Waals surface area contributed by atoms with Crippen molar-refractivity contribution < 1.29 is 13.6 Å². The van der Waals surface area contributed by atoms with Crippen LogP contribution in [0.4, 0.5) is 8.78 Å². The third-order valence-corrected chi connectivity index (χ3v) is 5.76. The van der Waals surface area contributed by atoms with Crippen molar-refractivity contribution in [3.05, 3.63) is 58.1 Å². The zero-order valence-corrected chi connectivity index (χ0v) is 16.3. The molecule has 1 saturated heterocycles. The molecule has 0 atom stereocenters. The number of thioether (sulfide) groups is 1. The summed E-state index contributed by atoms with van der Waals surface area (Å²) in [6, 6.07) is 8.78. The molecule has 0 unspecified atom stereocenters. The Morgan fingerprint density at radius 2 is 2.08 bits per heavy atom. The number of rotatable bonds is 4. The summed E-state index contributed by atoms with van der Waals surface area (Å²) >= 11 is 7.58. The van der Waals surface area contributed by atoms with Crippen LogP contribution in [0.3, 0.4) is 0 Å². The summed E-state index contributed by atoms with van der Waals surface area (Å²) in [4.78, 5) is 17.4. The van der Waals surface area contributed by atoms with E-state index in [4.69, 9.17) is 12.2 Å². The Labute approximate surface area is 163 Å². The molecule has 0 aliphatic carbocycles. The first-order chi connectivity index (χ1) is 12.2. The van der Waals surface area contributed by atoms with Gasteiger partial charge in [-0.05, 0) is 36.8 Å². The van der Waals surface area contributed by atoms with E-state index < -0.39 is 5.92 Å². The number of hydrogen-bond donors (Lipinski definition) is 1. The highest BCUT2D eigenvalue weighted by Crippen LogP contribution is 2.35. The van der Waals surface area contributed by atoms with Crippen LogP contribution in [0.5, 0.6) is 0 Å². The molecule has 0 saturated carbocycles. The van der Waals surface area contributed by atoms with Gasteiger partial charge in [-0.1, -0.05) is 53.4 Å². The Hall–Kier alpha value is -1.77. The fraction of sp³-hybridized carbons (Fsp3) is 0.167. The van der Waals surface area contributed by atoms with Crippen LogP contribution >= 0.6 is 35.7 Å². The maximum absolute atomic E-state index is 13.3. The number of alkyl halides is 2. The van der Waals surface area contributed by atoms with Gasteiger partial charge in [0, 0.05) is 23.6 Å². The Kier molecular flexibility index (Phi) is 5.45. The van der Waals surface area contributed by atoms with E-state index in [1.165, 1.54) is 35.8 Å². The normalized spacial score (nSPS) is 16.2. The summed E-state index contributed by atoms with van der Waals surface area (Å²) in [5.74, 6) is -3.13. The quantitative estimate of drug-likeness (QED) is 0.560. The number of benzene rings is 1. The molecular weight excluding hydrogens is 394 g/mol. The van der Waals surface area contributed by atoms with E-state index in [0.29, 0.717) is 14.3 Å². The number of carbonyl (C=O) groups is 1. The molecule has 0 bridgehead atoms. The van der Waals surface area contributed by atoms with Crippen LogP contribution in [0.25, 0.3) is 6.08 Å². The van der Waals surface area contributed by atoms with E-state index in [1.807, 2.05) is 25.1 Å². The highest BCUT2D eigenvalue weighted by atomic mass is 32.2. The Morgan fingerprint density at radius 3 is 2.65 bits per heavy atom. The SMILES string of the molecule is Cc1ccc(Sc2ccc(C(C)(F)F)cn2)c(/C=C2\SC(=S)NC2=O)c1. The van der Waals surface area contributed by atoms with Gasteiger partial charge in [-0.25, -0.2) is 13.8 Å². The lowest BCUT2D eigenvalue weighted by atomic mass is 10.1. The zero-order chi connectivity index (χ0) is 18.9. The fourth-order valence-electron chi connectivity index (χ4n) is 2.25. The lowest BCUT2D eigenvalue weighted by Gasteiger charge is -2.11. The minimum absolute atomic E-state index is 0.124. The molecule has 3 rings (SSSR count). The molecule has 1 aromatic carbocycles. The van der Waals surface area contributed by atoms with Gasteiger partial charge in [0.1, 0.15) is 9.35 Å². The second-order valence-electron chi connectivity index (χ2n) is 5.77. The molecular formula is C18H14F2N2OS3. The topological polar surface area (TPSA) is 42.0 Å². The van der Waals surface area contributed by atoms with E-state index in [9.17, 15) is 13.6 Å². The average molecular weight is 409 g/mol. The number of amides is 1. The van der Waals surface area contributed by atoms with E-state index in [0.717, 1.165) is 22.9 Å². The Morgan fingerprint density at radius 1 is 1.31 bits per heavy atom. The number of pyridine rings is 1. The summed E-state index contributed by atoms with van der Waals surface area (Å²) < 4.78 is 27.1. The number of thiocarbonyl (C=S) groups is 1. The first-order valence-corrected chi connectivity index (χ1v) is 9.64. The van der Waals surface area contributed by atoms with Crippen LogP contribution < -0.4 is 5.32 Å². The molecule has 1 aliphatic rings. The summed E-state index contributed by atoms with van der Waals surface area (Å²) in [7, 11) is 0.